The second kappa shape index (κ2) is 4.93. The Morgan fingerprint density at radius 2 is 2.11 bits per heavy atom. The number of aryl methyl sites for hydroxylation is 1. The summed E-state index contributed by atoms with van der Waals surface area (Å²) in [7, 11) is 0. The predicted octanol–water partition coefficient (Wildman–Crippen LogP) is 4.13. The minimum Gasteiger partial charge on any atom is -0.370 e. The van der Waals surface area contributed by atoms with Gasteiger partial charge in [0.05, 0.1) is 5.69 Å². The summed E-state index contributed by atoms with van der Waals surface area (Å²) in [6.07, 6.45) is 2.47. The molecule has 1 saturated carbocycles. The Kier molecular flexibility index (Phi) is 3.27. The third kappa shape index (κ3) is 2.50. The Bertz CT molecular complexity index is 599. The number of nitrogens with one attached hydrogen (secondary N) is 1. The molecule has 2 heterocycles. The second-order valence-corrected chi connectivity index (χ2v) is 6.27. The van der Waals surface area contributed by atoms with Crippen LogP contribution in [0.3, 0.4) is 0 Å². The van der Waals surface area contributed by atoms with Crippen LogP contribution in [-0.4, -0.2) is 16.5 Å². The van der Waals surface area contributed by atoms with Gasteiger partial charge >= 0.3 is 0 Å². The Morgan fingerprint density at radius 3 is 2.68 bits per heavy atom. The zero-order valence-electron chi connectivity index (χ0n) is 11.7. The molecule has 1 aliphatic rings. The first-order valence-corrected chi connectivity index (χ1v) is 7.75. The van der Waals surface area contributed by atoms with Crippen LogP contribution in [0.4, 0.5) is 5.82 Å². The van der Waals surface area contributed by atoms with Crippen molar-refractivity contribution in [3.8, 4) is 11.3 Å². The monoisotopic (exact) mass is 273 g/mol. The highest BCUT2D eigenvalue weighted by atomic mass is 32.1. The quantitative estimate of drug-likeness (QED) is 0.910. The summed E-state index contributed by atoms with van der Waals surface area (Å²) in [6.45, 7) is 7.24. The van der Waals surface area contributed by atoms with Gasteiger partial charge in [0.25, 0.3) is 0 Å². The summed E-state index contributed by atoms with van der Waals surface area (Å²) in [5.41, 5.74) is 3.48. The van der Waals surface area contributed by atoms with Crippen molar-refractivity contribution < 1.29 is 0 Å². The first-order chi connectivity index (χ1) is 9.19. The Labute approximate surface area is 118 Å². The number of aromatic nitrogens is 2. The van der Waals surface area contributed by atoms with Crippen molar-refractivity contribution in [1.29, 1.82) is 0 Å². The molecule has 19 heavy (non-hydrogen) atoms. The summed E-state index contributed by atoms with van der Waals surface area (Å²) in [5, 5.41) is 5.56. The average Bonchev–Trinajstić information content (AvgIpc) is 3.15. The summed E-state index contributed by atoms with van der Waals surface area (Å²) >= 11 is 1.78. The molecule has 100 valence electrons. The lowest BCUT2D eigenvalue weighted by Gasteiger charge is -2.12. The van der Waals surface area contributed by atoms with Crippen LogP contribution in [0.15, 0.2) is 11.4 Å². The van der Waals surface area contributed by atoms with Gasteiger partial charge in [0.2, 0.25) is 0 Å². The Hall–Kier alpha value is -1.42. The SMILES string of the molecule is CCNc1nc(C2CC2)nc(-c2csc(C)c2)c1C. The van der Waals surface area contributed by atoms with Crippen molar-refractivity contribution in [2.24, 2.45) is 0 Å². The second-order valence-electron chi connectivity index (χ2n) is 5.15. The predicted molar refractivity (Wildman–Crippen MR) is 81.0 cm³/mol. The van der Waals surface area contributed by atoms with Crippen LogP contribution < -0.4 is 5.32 Å². The van der Waals surface area contributed by atoms with E-state index in [4.69, 9.17) is 9.97 Å². The van der Waals surface area contributed by atoms with Gasteiger partial charge in [0.1, 0.15) is 11.6 Å². The zero-order valence-corrected chi connectivity index (χ0v) is 12.5. The number of thiophene rings is 1. The summed E-state index contributed by atoms with van der Waals surface area (Å²) in [6, 6.07) is 2.21. The van der Waals surface area contributed by atoms with Gasteiger partial charge in [-0.15, -0.1) is 11.3 Å². The molecule has 1 fully saturated rings. The average molecular weight is 273 g/mol. The highest BCUT2D eigenvalue weighted by Crippen LogP contribution is 2.40. The maximum absolute atomic E-state index is 4.82. The summed E-state index contributed by atoms with van der Waals surface area (Å²) in [5.74, 6) is 2.59. The molecule has 0 atom stereocenters. The number of hydrogen-bond acceptors (Lipinski definition) is 4. The van der Waals surface area contributed by atoms with E-state index < -0.39 is 0 Å². The third-order valence-electron chi connectivity index (χ3n) is 3.45. The highest BCUT2D eigenvalue weighted by molar-refractivity contribution is 7.10. The fourth-order valence-corrected chi connectivity index (χ4v) is 2.93. The lowest BCUT2D eigenvalue weighted by atomic mass is 10.1. The molecule has 3 rings (SSSR count). The van der Waals surface area contributed by atoms with Gasteiger partial charge in [0.15, 0.2) is 0 Å². The van der Waals surface area contributed by atoms with Gasteiger partial charge in [-0.05, 0) is 39.7 Å². The smallest absolute Gasteiger partial charge is 0.134 e. The standard InChI is InChI=1S/C15H19N3S/c1-4-16-14-10(3)13(12-7-9(2)19-8-12)17-15(18-14)11-5-6-11/h7-8,11H,4-6H2,1-3H3,(H,16,17,18). The molecule has 3 nitrogen and oxygen atoms in total. The molecular formula is C15H19N3S. The molecule has 1 N–H and O–H groups in total. The maximum atomic E-state index is 4.82. The van der Waals surface area contributed by atoms with Crippen molar-refractivity contribution >= 4 is 17.2 Å². The van der Waals surface area contributed by atoms with Crippen molar-refractivity contribution in [2.75, 3.05) is 11.9 Å². The fourth-order valence-electron chi connectivity index (χ4n) is 2.25. The third-order valence-corrected chi connectivity index (χ3v) is 4.32. The van der Waals surface area contributed by atoms with E-state index in [-0.39, 0.29) is 0 Å². The highest BCUT2D eigenvalue weighted by Gasteiger charge is 2.28. The zero-order chi connectivity index (χ0) is 13.4. The van der Waals surface area contributed by atoms with E-state index in [1.165, 1.54) is 23.3 Å². The van der Waals surface area contributed by atoms with E-state index in [0.717, 1.165) is 29.4 Å². The van der Waals surface area contributed by atoms with Crippen LogP contribution >= 0.6 is 11.3 Å². The maximum Gasteiger partial charge on any atom is 0.134 e. The van der Waals surface area contributed by atoms with Gasteiger partial charge in [-0.25, -0.2) is 9.97 Å². The Balaban J connectivity index is 2.10. The molecule has 0 radical (unpaired) electrons. The molecule has 4 heteroatoms. The summed E-state index contributed by atoms with van der Waals surface area (Å²) < 4.78 is 0. The van der Waals surface area contributed by atoms with Gasteiger partial charge in [-0.3, -0.25) is 0 Å². The van der Waals surface area contributed by atoms with E-state index in [9.17, 15) is 0 Å². The molecule has 0 amide bonds. The van der Waals surface area contributed by atoms with Gasteiger partial charge < -0.3 is 5.32 Å². The van der Waals surface area contributed by atoms with Gasteiger partial charge in [-0.1, -0.05) is 0 Å². The topological polar surface area (TPSA) is 37.8 Å². The number of rotatable bonds is 4. The normalized spacial score (nSPS) is 14.7. The van der Waals surface area contributed by atoms with Gasteiger partial charge in [0, 0.05) is 33.8 Å². The molecule has 0 spiro atoms. The van der Waals surface area contributed by atoms with E-state index in [2.05, 4.69) is 37.5 Å². The molecule has 1 aliphatic carbocycles. The molecule has 0 aliphatic heterocycles. The lowest BCUT2D eigenvalue weighted by Crippen LogP contribution is -2.07. The summed E-state index contributed by atoms with van der Waals surface area (Å²) in [4.78, 5) is 10.8. The lowest BCUT2D eigenvalue weighted by molar-refractivity contribution is 0.919. The first kappa shape index (κ1) is 12.6. The number of hydrogen-bond donors (Lipinski definition) is 1. The molecule has 0 aromatic carbocycles. The number of nitrogens with zero attached hydrogens (tertiary/aromatic N) is 2. The molecular weight excluding hydrogens is 254 g/mol. The van der Waals surface area contributed by atoms with Crippen LogP contribution in [0.25, 0.3) is 11.3 Å². The molecule has 0 bridgehead atoms. The first-order valence-electron chi connectivity index (χ1n) is 6.87. The van der Waals surface area contributed by atoms with Crippen LogP contribution in [0, 0.1) is 13.8 Å². The van der Waals surface area contributed by atoms with Crippen LogP contribution in [0.1, 0.15) is 41.9 Å². The molecule has 0 unspecified atom stereocenters. The van der Waals surface area contributed by atoms with Crippen molar-refractivity contribution in [3.05, 3.63) is 27.7 Å². The fraction of sp³-hybridized carbons (Fsp3) is 0.467. The van der Waals surface area contributed by atoms with Gasteiger partial charge in [-0.2, -0.15) is 0 Å². The number of anilines is 1. The van der Waals surface area contributed by atoms with Crippen LogP contribution in [0.5, 0.6) is 0 Å². The minimum atomic E-state index is 0.580. The van der Waals surface area contributed by atoms with E-state index in [0.29, 0.717) is 5.92 Å². The molecule has 0 saturated heterocycles. The van der Waals surface area contributed by atoms with Crippen LogP contribution in [0.2, 0.25) is 0 Å². The molecule has 2 aromatic rings. The van der Waals surface area contributed by atoms with Crippen LogP contribution in [-0.2, 0) is 0 Å². The molecule has 2 aromatic heterocycles. The van der Waals surface area contributed by atoms with Crippen molar-refractivity contribution in [1.82, 2.24) is 9.97 Å². The van der Waals surface area contributed by atoms with Crippen molar-refractivity contribution in [2.45, 2.75) is 39.5 Å². The Morgan fingerprint density at radius 1 is 1.32 bits per heavy atom. The van der Waals surface area contributed by atoms with E-state index in [1.807, 2.05) is 0 Å². The minimum absolute atomic E-state index is 0.580. The van der Waals surface area contributed by atoms with E-state index >= 15 is 0 Å². The van der Waals surface area contributed by atoms with E-state index in [1.54, 1.807) is 11.3 Å². The largest absolute Gasteiger partial charge is 0.370 e. The van der Waals surface area contributed by atoms with Crippen molar-refractivity contribution in [3.63, 3.8) is 0 Å².